The highest BCUT2D eigenvalue weighted by Gasteiger charge is 2.05. The van der Waals surface area contributed by atoms with Gasteiger partial charge in [-0.1, -0.05) is 13.8 Å². The normalized spacial score (nSPS) is 12.7. The van der Waals surface area contributed by atoms with Crippen LogP contribution in [0.1, 0.15) is 33.6 Å². The van der Waals surface area contributed by atoms with E-state index in [4.69, 9.17) is 11.6 Å². The van der Waals surface area contributed by atoms with E-state index in [0.29, 0.717) is 6.04 Å². The molecule has 5 heteroatoms. The minimum absolute atomic E-state index is 0.287. The molecule has 1 N–H and O–H groups in total. The number of aromatic nitrogens is 2. The average Bonchev–Trinajstić information content (AvgIpc) is 2.34. The van der Waals surface area contributed by atoms with Crippen molar-refractivity contribution in [1.82, 2.24) is 14.9 Å². The van der Waals surface area contributed by atoms with Gasteiger partial charge in [0.05, 0.1) is 0 Å². The SMILES string of the molecule is CCN(CC)CCCC(C)Nc1ccnc(Cl)n1. The molecule has 1 rings (SSSR count). The van der Waals surface area contributed by atoms with Crippen LogP contribution < -0.4 is 5.32 Å². The van der Waals surface area contributed by atoms with Gasteiger partial charge in [0.1, 0.15) is 5.82 Å². The third kappa shape index (κ3) is 5.65. The van der Waals surface area contributed by atoms with Crippen molar-refractivity contribution in [2.75, 3.05) is 25.0 Å². The lowest BCUT2D eigenvalue weighted by atomic mass is 10.1. The molecule has 0 spiro atoms. The van der Waals surface area contributed by atoms with Crippen molar-refractivity contribution in [1.29, 1.82) is 0 Å². The lowest BCUT2D eigenvalue weighted by Crippen LogP contribution is -2.25. The first-order valence-corrected chi connectivity index (χ1v) is 7.01. The largest absolute Gasteiger partial charge is 0.367 e. The second-order valence-corrected chi connectivity index (χ2v) is 4.76. The summed E-state index contributed by atoms with van der Waals surface area (Å²) in [4.78, 5) is 10.4. The van der Waals surface area contributed by atoms with Gasteiger partial charge in [-0.15, -0.1) is 0 Å². The average molecular weight is 271 g/mol. The third-order valence-corrected chi connectivity index (χ3v) is 3.21. The van der Waals surface area contributed by atoms with Crippen LogP contribution in [0.5, 0.6) is 0 Å². The lowest BCUT2D eigenvalue weighted by molar-refractivity contribution is 0.295. The van der Waals surface area contributed by atoms with Gasteiger partial charge in [0.2, 0.25) is 5.28 Å². The van der Waals surface area contributed by atoms with Crippen LogP contribution in [0.25, 0.3) is 0 Å². The Morgan fingerprint density at radius 3 is 2.72 bits per heavy atom. The Kier molecular flexibility index (Phi) is 6.98. The van der Waals surface area contributed by atoms with Crippen LogP contribution >= 0.6 is 11.6 Å². The van der Waals surface area contributed by atoms with Crippen LogP contribution in [0.3, 0.4) is 0 Å². The Morgan fingerprint density at radius 1 is 1.39 bits per heavy atom. The van der Waals surface area contributed by atoms with E-state index in [0.717, 1.165) is 31.9 Å². The summed E-state index contributed by atoms with van der Waals surface area (Å²) in [5.74, 6) is 0.797. The van der Waals surface area contributed by atoms with Gasteiger partial charge < -0.3 is 10.2 Å². The first-order valence-electron chi connectivity index (χ1n) is 6.63. The molecule has 102 valence electrons. The van der Waals surface area contributed by atoms with Gasteiger partial charge in [-0.2, -0.15) is 0 Å². The molecule has 0 saturated carbocycles. The maximum absolute atomic E-state index is 5.74. The van der Waals surface area contributed by atoms with E-state index >= 15 is 0 Å². The molecule has 0 fully saturated rings. The summed E-state index contributed by atoms with van der Waals surface area (Å²) < 4.78 is 0. The third-order valence-electron chi connectivity index (χ3n) is 3.03. The number of nitrogens with zero attached hydrogens (tertiary/aromatic N) is 3. The predicted octanol–water partition coefficient (Wildman–Crippen LogP) is 3.05. The van der Waals surface area contributed by atoms with Gasteiger partial charge in [-0.05, 0) is 57.1 Å². The number of halogens is 1. The number of nitrogens with one attached hydrogen (secondary N) is 1. The summed E-state index contributed by atoms with van der Waals surface area (Å²) in [7, 11) is 0. The fourth-order valence-electron chi connectivity index (χ4n) is 1.90. The van der Waals surface area contributed by atoms with E-state index in [1.807, 2.05) is 6.07 Å². The molecule has 1 atom stereocenters. The summed E-state index contributed by atoms with van der Waals surface area (Å²) >= 11 is 5.74. The molecule has 4 nitrogen and oxygen atoms in total. The number of rotatable bonds is 8. The molecule has 18 heavy (non-hydrogen) atoms. The van der Waals surface area contributed by atoms with E-state index < -0.39 is 0 Å². The van der Waals surface area contributed by atoms with Crippen LogP contribution in [0.15, 0.2) is 12.3 Å². The van der Waals surface area contributed by atoms with Crippen molar-refractivity contribution in [3.8, 4) is 0 Å². The highest BCUT2D eigenvalue weighted by Crippen LogP contribution is 2.09. The number of anilines is 1. The standard InChI is InChI=1S/C13H23ClN4/c1-4-18(5-2)10-6-7-11(3)16-12-8-9-15-13(14)17-12/h8-9,11H,4-7,10H2,1-3H3,(H,15,16,17). The Hall–Kier alpha value is -0.870. The zero-order valence-electron chi connectivity index (χ0n) is 11.5. The molecule has 0 saturated heterocycles. The first-order chi connectivity index (χ1) is 8.65. The maximum atomic E-state index is 5.74. The van der Waals surface area contributed by atoms with Gasteiger partial charge >= 0.3 is 0 Å². The Labute approximate surface area is 115 Å². The monoisotopic (exact) mass is 270 g/mol. The highest BCUT2D eigenvalue weighted by molar-refractivity contribution is 6.28. The Balaban J connectivity index is 2.27. The fourth-order valence-corrected chi connectivity index (χ4v) is 2.05. The molecule has 0 aromatic carbocycles. The zero-order valence-corrected chi connectivity index (χ0v) is 12.2. The molecular weight excluding hydrogens is 248 g/mol. The minimum Gasteiger partial charge on any atom is -0.367 e. The molecule has 1 unspecified atom stereocenters. The lowest BCUT2D eigenvalue weighted by Gasteiger charge is -2.20. The molecule has 0 aliphatic rings. The molecule has 0 aliphatic heterocycles. The van der Waals surface area contributed by atoms with Gasteiger partial charge in [-0.25, -0.2) is 9.97 Å². The van der Waals surface area contributed by atoms with Crippen molar-refractivity contribution in [3.05, 3.63) is 17.5 Å². The molecule has 1 heterocycles. The molecule has 0 radical (unpaired) electrons. The first kappa shape index (κ1) is 15.2. The van der Waals surface area contributed by atoms with E-state index in [2.05, 4.69) is 41.0 Å². The molecular formula is C13H23ClN4. The summed E-state index contributed by atoms with van der Waals surface area (Å²) in [6, 6.07) is 2.23. The molecule has 0 aliphatic carbocycles. The van der Waals surface area contributed by atoms with Gasteiger partial charge in [-0.3, -0.25) is 0 Å². The van der Waals surface area contributed by atoms with Crippen molar-refractivity contribution in [2.45, 2.75) is 39.7 Å². The Morgan fingerprint density at radius 2 is 2.11 bits per heavy atom. The number of hydrogen-bond donors (Lipinski definition) is 1. The highest BCUT2D eigenvalue weighted by atomic mass is 35.5. The van der Waals surface area contributed by atoms with Crippen LogP contribution in [-0.2, 0) is 0 Å². The van der Waals surface area contributed by atoms with E-state index in [-0.39, 0.29) is 5.28 Å². The summed E-state index contributed by atoms with van der Waals surface area (Å²) in [5, 5.41) is 3.63. The maximum Gasteiger partial charge on any atom is 0.224 e. The smallest absolute Gasteiger partial charge is 0.224 e. The topological polar surface area (TPSA) is 41.0 Å². The minimum atomic E-state index is 0.287. The molecule has 0 amide bonds. The van der Waals surface area contributed by atoms with Crippen molar-refractivity contribution < 1.29 is 0 Å². The quantitative estimate of drug-likeness (QED) is 0.737. The fraction of sp³-hybridized carbons (Fsp3) is 0.692. The van der Waals surface area contributed by atoms with E-state index in [9.17, 15) is 0 Å². The van der Waals surface area contributed by atoms with Crippen LogP contribution in [0.4, 0.5) is 5.82 Å². The van der Waals surface area contributed by atoms with Crippen molar-refractivity contribution in [3.63, 3.8) is 0 Å². The van der Waals surface area contributed by atoms with Crippen molar-refractivity contribution in [2.24, 2.45) is 0 Å². The van der Waals surface area contributed by atoms with Crippen LogP contribution in [0.2, 0.25) is 5.28 Å². The number of hydrogen-bond acceptors (Lipinski definition) is 4. The van der Waals surface area contributed by atoms with Crippen LogP contribution in [0, 0.1) is 0 Å². The van der Waals surface area contributed by atoms with Gasteiger partial charge in [0.25, 0.3) is 0 Å². The molecule has 1 aromatic rings. The van der Waals surface area contributed by atoms with Crippen LogP contribution in [-0.4, -0.2) is 40.5 Å². The van der Waals surface area contributed by atoms with E-state index in [1.54, 1.807) is 6.20 Å². The van der Waals surface area contributed by atoms with E-state index in [1.165, 1.54) is 6.42 Å². The zero-order chi connectivity index (χ0) is 13.4. The molecule has 0 bridgehead atoms. The Bertz CT molecular complexity index is 342. The second-order valence-electron chi connectivity index (χ2n) is 4.43. The summed E-state index contributed by atoms with van der Waals surface area (Å²) in [6.45, 7) is 9.98. The predicted molar refractivity (Wildman–Crippen MR) is 77.1 cm³/mol. The van der Waals surface area contributed by atoms with Crippen molar-refractivity contribution >= 4 is 17.4 Å². The summed E-state index contributed by atoms with van der Waals surface area (Å²) in [5.41, 5.74) is 0. The van der Waals surface area contributed by atoms with Gasteiger partial charge in [0, 0.05) is 12.2 Å². The second kappa shape index (κ2) is 8.27. The van der Waals surface area contributed by atoms with Gasteiger partial charge in [0.15, 0.2) is 0 Å². The summed E-state index contributed by atoms with van der Waals surface area (Å²) in [6.07, 6.45) is 3.98. The molecule has 1 aromatic heterocycles.